The third-order valence-corrected chi connectivity index (χ3v) is 4.87. The van der Waals surface area contributed by atoms with E-state index in [1.54, 1.807) is 42.0 Å². The quantitative estimate of drug-likeness (QED) is 0.762. The Labute approximate surface area is 183 Å². The Bertz CT molecular complexity index is 820. The van der Waals surface area contributed by atoms with Crippen molar-refractivity contribution in [2.75, 3.05) is 33.8 Å². The monoisotopic (exact) mass is 435 g/mol. The van der Waals surface area contributed by atoms with Gasteiger partial charge in [-0.15, -0.1) is 0 Å². The van der Waals surface area contributed by atoms with Crippen molar-refractivity contribution >= 4 is 17.9 Å². The van der Waals surface area contributed by atoms with Crippen LogP contribution >= 0.6 is 0 Å². The average Bonchev–Trinajstić information content (AvgIpc) is 2.71. The Morgan fingerprint density at radius 2 is 1.84 bits per heavy atom. The summed E-state index contributed by atoms with van der Waals surface area (Å²) in [6.07, 6.45) is -1.15. The Hall–Kier alpha value is -2.97. The number of hydrogen-bond acceptors (Lipinski definition) is 6. The van der Waals surface area contributed by atoms with Gasteiger partial charge in [-0.2, -0.15) is 0 Å². The van der Waals surface area contributed by atoms with E-state index in [1.807, 2.05) is 27.7 Å². The van der Waals surface area contributed by atoms with Gasteiger partial charge in [0.25, 0.3) is 11.8 Å². The van der Waals surface area contributed by atoms with Crippen LogP contribution in [0.2, 0.25) is 0 Å². The molecule has 0 radical (unpaired) electrons. The largest absolute Gasteiger partial charge is 0.493 e. The fourth-order valence-electron chi connectivity index (χ4n) is 3.30. The van der Waals surface area contributed by atoms with Crippen molar-refractivity contribution in [3.8, 4) is 11.5 Å². The minimum Gasteiger partial charge on any atom is -0.493 e. The summed E-state index contributed by atoms with van der Waals surface area (Å²) in [6, 6.07) is 4.60. The van der Waals surface area contributed by atoms with Crippen molar-refractivity contribution in [3.05, 3.63) is 23.8 Å². The second-order valence-corrected chi connectivity index (χ2v) is 8.51. The zero-order valence-electron chi connectivity index (χ0n) is 19.4. The Morgan fingerprint density at radius 3 is 2.39 bits per heavy atom. The van der Waals surface area contributed by atoms with Gasteiger partial charge in [0.1, 0.15) is 5.60 Å². The number of rotatable bonds is 5. The standard InChI is InChI=1S/C22H33N3O6/c1-14-13-24(21(28)31-22(3,4)5)10-11-25(14)20(27)15(2)30-17-9-8-16(19(26)23-6)12-18(17)29-7/h8-9,12,14-15H,10-11,13H2,1-7H3,(H,23,26)/t14-,15+/m1/s1. The number of carbonyl (C=O) groups excluding carboxylic acids is 3. The van der Waals surface area contributed by atoms with Gasteiger partial charge < -0.3 is 29.3 Å². The Kier molecular flexibility index (Phi) is 7.75. The molecule has 1 fully saturated rings. The van der Waals surface area contributed by atoms with Crippen molar-refractivity contribution < 1.29 is 28.6 Å². The van der Waals surface area contributed by atoms with Crippen molar-refractivity contribution in [1.29, 1.82) is 0 Å². The van der Waals surface area contributed by atoms with E-state index < -0.39 is 11.7 Å². The van der Waals surface area contributed by atoms with Crippen molar-refractivity contribution in [2.45, 2.75) is 52.4 Å². The summed E-state index contributed by atoms with van der Waals surface area (Å²) in [4.78, 5) is 40.4. The number of piperazine rings is 1. The predicted molar refractivity (Wildman–Crippen MR) is 115 cm³/mol. The van der Waals surface area contributed by atoms with E-state index in [4.69, 9.17) is 14.2 Å². The molecule has 172 valence electrons. The lowest BCUT2D eigenvalue weighted by Gasteiger charge is -2.41. The maximum absolute atomic E-state index is 13.0. The number of methoxy groups -OCH3 is 1. The molecule has 1 aliphatic heterocycles. The van der Waals surface area contributed by atoms with Crippen molar-refractivity contribution in [1.82, 2.24) is 15.1 Å². The van der Waals surface area contributed by atoms with Gasteiger partial charge in [0.2, 0.25) is 0 Å². The summed E-state index contributed by atoms with van der Waals surface area (Å²) in [5, 5.41) is 2.55. The smallest absolute Gasteiger partial charge is 0.410 e. The topological polar surface area (TPSA) is 97.4 Å². The second-order valence-electron chi connectivity index (χ2n) is 8.51. The number of ether oxygens (including phenoxy) is 3. The van der Waals surface area contributed by atoms with Gasteiger partial charge in [0.05, 0.1) is 7.11 Å². The van der Waals surface area contributed by atoms with E-state index >= 15 is 0 Å². The first kappa shape index (κ1) is 24.3. The fraction of sp³-hybridized carbons (Fsp3) is 0.591. The number of benzene rings is 1. The highest BCUT2D eigenvalue weighted by Crippen LogP contribution is 2.29. The van der Waals surface area contributed by atoms with Crippen molar-refractivity contribution in [3.63, 3.8) is 0 Å². The molecule has 0 unspecified atom stereocenters. The first-order valence-electron chi connectivity index (χ1n) is 10.3. The molecule has 2 rings (SSSR count). The number of hydrogen-bond donors (Lipinski definition) is 1. The maximum Gasteiger partial charge on any atom is 0.410 e. The third kappa shape index (κ3) is 6.26. The van der Waals surface area contributed by atoms with Crippen LogP contribution in [0, 0.1) is 0 Å². The molecule has 2 atom stereocenters. The van der Waals surface area contributed by atoms with Gasteiger partial charge in [0, 0.05) is 38.3 Å². The van der Waals surface area contributed by atoms with Gasteiger partial charge in [-0.1, -0.05) is 0 Å². The highest BCUT2D eigenvalue weighted by atomic mass is 16.6. The van der Waals surface area contributed by atoms with Crippen LogP contribution < -0.4 is 14.8 Å². The molecule has 9 nitrogen and oxygen atoms in total. The third-order valence-electron chi connectivity index (χ3n) is 4.87. The molecule has 0 aromatic heterocycles. The summed E-state index contributed by atoms with van der Waals surface area (Å²) >= 11 is 0. The van der Waals surface area contributed by atoms with E-state index in [0.29, 0.717) is 36.7 Å². The molecule has 31 heavy (non-hydrogen) atoms. The number of amides is 3. The molecule has 0 aliphatic carbocycles. The summed E-state index contributed by atoms with van der Waals surface area (Å²) in [6.45, 7) is 10.2. The SMILES string of the molecule is CNC(=O)c1ccc(O[C@@H](C)C(=O)N2CCN(C(=O)OC(C)(C)C)C[C@H]2C)c(OC)c1. The van der Waals surface area contributed by atoms with E-state index in [9.17, 15) is 14.4 Å². The number of carbonyl (C=O) groups is 3. The number of nitrogens with one attached hydrogen (secondary N) is 1. The zero-order chi connectivity index (χ0) is 23.3. The lowest BCUT2D eigenvalue weighted by atomic mass is 10.1. The van der Waals surface area contributed by atoms with Gasteiger partial charge in [-0.05, 0) is 52.8 Å². The fourth-order valence-corrected chi connectivity index (χ4v) is 3.30. The molecular weight excluding hydrogens is 402 g/mol. The lowest BCUT2D eigenvalue weighted by molar-refractivity contribution is -0.142. The van der Waals surface area contributed by atoms with Gasteiger partial charge in [-0.25, -0.2) is 4.79 Å². The summed E-state index contributed by atoms with van der Waals surface area (Å²) in [5.41, 5.74) is -0.139. The molecular formula is C22H33N3O6. The highest BCUT2D eigenvalue weighted by molar-refractivity contribution is 5.94. The normalized spacial score (nSPS) is 17.6. The zero-order valence-corrected chi connectivity index (χ0v) is 19.4. The average molecular weight is 436 g/mol. The molecule has 1 N–H and O–H groups in total. The minimum atomic E-state index is -0.768. The Balaban J connectivity index is 2.02. The lowest BCUT2D eigenvalue weighted by Crippen LogP contribution is -2.58. The van der Waals surface area contributed by atoms with Crippen LogP contribution in [-0.4, -0.2) is 79.2 Å². The second kappa shape index (κ2) is 9.89. The van der Waals surface area contributed by atoms with Crippen molar-refractivity contribution in [2.24, 2.45) is 0 Å². The summed E-state index contributed by atoms with van der Waals surface area (Å²) in [5.74, 6) is 0.305. The maximum atomic E-state index is 13.0. The van der Waals surface area contributed by atoms with Gasteiger partial charge in [-0.3, -0.25) is 9.59 Å². The highest BCUT2D eigenvalue weighted by Gasteiger charge is 2.34. The first-order chi connectivity index (χ1) is 14.5. The molecule has 0 bridgehead atoms. The molecule has 1 saturated heterocycles. The molecule has 9 heteroatoms. The van der Waals surface area contributed by atoms with Gasteiger partial charge in [0.15, 0.2) is 17.6 Å². The van der Waals surface area contributed by atoms with Crippen LogP contribution in [0.15, 0.2) is 18.2 Å². The van der Waals surface area contributed by atoms with Gasteiger partial charge >= 0.3 is 6.09 Å². The van der Waals surface area contributed by atoms with Crippen LogP contribution in [0.4, 0.5) is 4.79 Å². The van der Waals surface area contributed by atoms with Crippen LogP contribution in [0.3, 0.4) is 0 Å². The molecule has 3 amide bonds. The summed E-state index contributed by atoms with van der Waals surface area (Å²) < 4.78 is 16.6. The molecule has 1 aromatic rings. The summed E-state index contributed by atoms with van der Waals surface area (Å²) in [7, 11) is 3.02. The minimum absolute atomic E-state index is 0.183. The number of nitrogens with zero attached hydrogens (tertiary/aromatic N) is 2. The van der Waals surface area contributed by atoms with Crippen LogP contribution in [-0.2, 0) is 9.53 Å². The predicted octanol–water partition coefficient (Wildman–Crippen LogP) is 2.29. The molecule has 1 heterocycles. The van der Waals surface area contributed by atoms with E-state index in [-0.39, 0.29) is 23.9 Å². The van der Waals surface area contributed by atoms with E-state index in [0.717, 1.165) is 0 Å². The molecule has 0 spiro atoms. The van der Waals surface area contributed by atoms with E-state index in [1.165, 1.54) is 7.11 Å². The van der Waals surface area contributed by atoms with Crippen LogP contribution in [0.5, 0.6) is 11.5 Å². The molecule has 0 saturated carbocycles. The van der Waals surface area contributed by atoms with E-state index in [2.05, 4.69) is 5.32 Å². The Morgan fingerprint density at radius 1 is 1.16 bits per heavy atom. The molecule has 1 aromatic carbocycles. The molecule has 1 aliphatic rings. The van der Waals surface area contributed by atoms with Crippen LogP contribution in [0.25, 0.3) is 0 Å². The van der Waals surface area contributed by atoms with Crippen LogP contribution in [0.1, 0.15) is 45.0 Å². The first-order valence-corrected chi connectivity index (χ1v) is 10.3.